The average Bonchev–Trinajstić information content (AvgIpc) is 2.59. The van der Waals surface area contributed by atoms with Crippen molar-refractivity contribution in [1.82, 2.24) is 0 Å². The van der Waals surface area contributed by atoms with E-state index in [1.54, 1.807) is 6.07 Å². The molecule has 0 aliphatic carbocycles. The largest absolute Gasteiger partial charge is 0.377 e. The summed E-state index contributed by atoms with van der Waals surface area (Å²) in [6.07, 6.45) is 2.75. The zero-order chi connectivity index (χ0) is 11.8. The van der Waals surface area contributed by atoms with Crippen LogP contribution in [0.25, 0.3) is 0 Å². The second-order valence-corrected chi connectivity index (χ2v) is 4.65. The quantitative estimate of drug-likeness (QED) is 0.734. The second kappa shape index (κ2) is 4.11. The normalized spacial score (nSPS) is 27.2. The van der Waals surface area contributed by atoms with Crippen LogP contribution in [-0.2, 0) is 4.74 Å². The fraction of sp³-hybridized carbons (Fsp3) is 0.462. The summed E-state index contributed by atoms with van der Waals surface area (Å²) in [6.45, 7) is 1.43. The zero-order valence-corrected chi connectivity index (χ0v) is 9.43. The molecule has 4 heteroatoms. The number of fused-ring (bicyclic) bond motifs is 2. The van der Waals surface area contributed by atoms with Crippen molar-refractivity contribution in [2.45, 2.75) is 24.9 Å². The third kappa shape index (κ3) is 1.72. The number of carbonyl (C=O) groups excluding carboxylic acids is 1. The number of carbonyl (C=O) groups is 1. The first-order chi connectivity index (χ1) is 8.29. The van der Waals surface area contributed by atoms with Gasteiger partial charge in [0.1, 0.15) is 5.82 Å². The van der Waals surface area contributed by atoms with Gasteiger partial charge < -0.3 is 9.64 Å². The average molecular weight is 235 g/mol. The van der Waals surface area contributed by atoms with Crippen molar-refractivity contribution in [2.75, 3.05) is 18.1 Å². The van der Waals surface area contributed by atoms with Crippen LogP contribution >= 0.6 is 0 Å². The van der Waals surface area contributed by atoms with Crippen LogP contribution in [0.1, 0.15) is 23.2 Å². The van der Waals surface area contributed by atoms with E-state index in [0.29, 0.717) is 31.6 Å². The van der Waals surface area contributed by atoms with Gasteiger partial charge >= 0.3 is 0 Å². The molecule has 0 N–H and O–H groups in total. The van der Waals surface area contributed by atoms with Gasteiger partial charge in [-0.1, -0.05) is 0 Å². The fourth-order valence-corrected chi connectivity index (χ4v) is 2.82. The van der Waals surface area contributed by atoms with Crippen LogP contribution in [-0.4, -0.2) is 31.6 Å². The predicted octanol–water partition coefficient (Wildman–Crippen LogP) is 2.01. The molecule has 2 bridgehead atoms. The Bertz CT molecular complexity index is 433. The van der Waals surface area contributed by atoms with Crippen LogP contribution in [0, 0.1) is 5.82 Å². The van der Waals surface area contributed by atoms with Crippen LogP contribution in [0.15, 0.2) is 18.2 Å². The molecule has 0 amide bonds. The molecule has 2 unspecified atom stereocenters. The lowest BCUT2D eigenvalue weighted by molar-refractivity contribution is 0.0906. The summed E-state index contributed by atoms with van der Waals surface area (Å²) in [5.74, 6) is -0.441. The van der Waals surface area contributed by atoms with E-state index in [1.165, 1.54) is 6.07 Å². The summed E-state index contributed by atoms with van der Waals surface area (Å²) in [7, 11) is 0. The number of benzene rings is 1. The van der Waals surface area contributed by atoms with E-state index < -0.39 is 5.82 Å². The highest BCUT2D eigenvalue weighted by molar-refractivity contribution is 5.76. The Morgan fingerprint density at radius 1 is 1.29 bits per heavy atom. The fourth-order valence-electron chi connectivity index (χ4n) is 2.82. The molecule has 2 heterocycles. The first kappa shape index (κ1) is 10.7. The highest BCUT2D eigenvalue weighted by Gasteiger charge is 2.37. The third-order valence-electron chi connectivity index (χ3n) is 3.65. The molecular weight excluding hydrogens is 221 g/mol. The monoisotopic (exact) mass is 235 g/mol. The molecule has 0 spiro atoms. The molecule has 2 atom stereocenters. The van der Waals surface area contributed by atoms with Crippen LogP contribution in [0.5, 0.6) is 0 Å². The van der Waals surface area contributed by atoms with Gasteiger partial charge in [0.05, 0.1) is 30.9 Å². The van der Waals surface area contributed by atoms with Gasteiger partial charge in [0, 0.05) is 5.69 Å². The molecular formula is C13H14FNO2. The Morgan fingerprint density at radius 3 is 2.59 bits per heavy atom. The number of hydrogen-bond donors (Lipinski definition) is 0. The van der Waals surface area contributed by atoms with Gasteiger partial charge in [-0.15, -0.1) is 0 Å². The van der Waals surface area contributed by atoms with Gasteiger partial charge in [0.15, 0.2) is 6.29 Å². The lowest BCUT2D eigenvalue weighted by Gasteiger charge is -2.36. The molecule has 3 nitrogen and oxygen atoms in total. The molecule has 0 aromatic heterocycles. The first-order valence-electron chi connectivity index (χ1n) is 5.90. The minimum Gasteiger partial charge on any atom is -0.377 e. The number of morpholine rings is 1. The van der Waals surface area contributed by atoms with E-state index in [0.717, 1.165) is 18.5 Å². The summed E-state index contributed by atoms with van der Waals surface area (Å²) in [6, 6.07) is 5.54. The van der Waals surface area contributed by atoms with Gasteiger partial charge in [0.25, 0.3) is 0 Å². The standard InChI is InChI=1S/C13H14FNO2/c14-13-5-10(2-1-9(13)6-16)15-11-3-4-12(15)8-17-7-11/h1-2,5-6,11-12H,3-4,7-8H2. The Labute approximate surface area is 99.2 Å². The van der Waals surface area contributed by atoms with Crippen molar-refractivity contribution in [2.24, 2.45) is 0 Å². The molecule has 2 aliphatic rings. The van der Waals surface area contributed by atoms with E-state index in [1.807, 2.05) is 6.07 Å². The minimum absolute atomic E-state index is 0.120. The molecule has 3 rings (SSSR count). The summed E-state index contributed by atoms with van der Waals surface area (Å²) in [4.78, 5) is 12.8. The lowest BCUT2D eigenvalue weighted by atomic mass is 10.1. The number of ether oxygens (including phenoxy) is 1. The molecule has 1 aromatic rings. The maximum absolute atomic E-state index is 13.6. The highest BCUT2D eigenvalue weighted by Crippen LogP contribution is 2.34. The molecule has 1 aromatic carbocycles. The molecule has 2 aliphatic heterocycles. The molecule has 0 saturated carbocycles. The smallest absolute Gasteiger partial charge is 0.152 e. The Morgan fingerprint density at radius 2 is 2.00 bits per heavy atom. The Balaban J connectivity index is 1.94. The van der Waals surface area contributed by atoms with E-state index in [2.05, 4.69) is 4.90 Å². The molecule has 2 fully saturated rings. The van der Waals surface area contributed by atoms with E-state index in [4.69, 9.17) is 4.74 Å². The highest BCUT2D eigenvalue weighted by atomic mass is 19.1. The van der Waals surface area contributed by atoms with Crippen molar-refractivity contribution >= 4 is 12.0 Å². The van der Waals surface area contributed by atoms with Crippen LogP contribution in [0.2, 0.25) is 0 Å². The number of aldehydes is 1. The summed E-state index contributed by atoms with van der Waals surface area (Å²) < 4.78 is 19.1. The van der Waals surface area contributed by atoms with Gasteiger partial charge in [-0.05, 0) is 31.0 Å². The van der Waals surface area contributed by atoms with Crippen LogP contribution in [0.3, 0.4) is 0 Å². The number of rotatable bonds is 2. The van der Waals surface area contributed by atoms with E-state index in [-0.39, 0.29) is 5.56 Å². The lowest BCUT2D eigenvalue weighted by Crippen LogP contribution is -2.45. The number of nitrogens with zero attached hydrogens (tertiary/aromatic N) is 1. The number of anilines is 1. The number of hydrogen-bond acceptors (Lipinski definition) is 3. The molecule has 2 saturated heterocycles. The summed E-state index contributed by atoms with van der Waals surface area (Å²) in [5.41, 5.74) is 0.984. The topological polar surface area (TPSA) is 29.5 Å². The van der Waals surface area contributed by atoms with Gasteiger partial charge in [0.2, 0.25) is 0 Å². The molecule has 0 radical (unpaired) electrons. The Hall–Kier alpha value is -1.42. The van der Waals surface area contributed by atoms with Crippen molar-refractivity contribution in [3.63, 3.8) is 0 Å². The predicted molar refractivity (Wildman–Crippen MR) is 61.9 cm³/mol. The summed E-state index contributed by atoms with van der Waals surface area (Å²) >= 11 is 0. The third-order valence-corrected chi connectivity index (χ3v) is 3.65. The van der Waals surface area contributed by atoms with Crippen LogP contribution in [0.4, 0.5) is 10.1 Å². The maximum atomic E-state index is 13.6. The second-order valence-electron chi connectivity index (χ2n) is 4.65. The Kier molecular flexibility index (Phi) is 2.59. The van der Waals surface area contributed by atoms with Gasteiger partial charge in [-0.2, -0.15) is 0 Å². The van der Waals surface area contributed by atoms with Gasteiger partial charge in [-0.3, -0.25) is 4.79 Å². The maximum Gasteiger partial charge on any atom is 0.152 e. The van der Waals surface area contributed by atoms with E-state index >= 15 is 0 Å². The minimum atomic E-state index is -0.441. The van der Waals surface area contributed by atoms with Crippen molar-refractivity contribution in [3.05, 3.63) is 29.6 Å². The zero-order valence-electron chi connectivity index (χ0n) is 9.43. The first-order valence-corrected chi connectivity index (χ1v) is 5.90. The molecule has 90 valence electrons. The SMILES string of the molecule is O=Cc1ccc(N2C3CCC2COC3)cc1F. The van der Waals surface area contributed by atoms with Gasteiger partial charge in [-0.25, -0.2) is 4.39 Å². The van der Waals surface area contributed by atoms with Crippen molar-refractivity contribution in [1.29, 1.82) is 0 Å². The summed E-state index contributed by atoms with van der Waals surface area (Å²) in [5, 5.41) is 0. The van der Waals surface area contributed by atoms with Crippen molar-refractivity contribution in [3.8, 4) is 0 Å². The molecule has 17 heavy (non-hydrogen) atoms. The number of halogens is 1. The van der Waals surface area contributed by atoms with Crippen molar-refractivity contribution < 1.29 is 13.9 Å². The van der Waals surface area contributed by atoms with Crippen LogP contribution < -0.4 is 4.90 Å². The van der Waals surface area contributed by atoms with E-state index in [9.17, 15) is 9.18 Å².